The summed E-state index contributed by atoms with van der Waals surface area (Å²) in [6.07, 6.45) is 0.0488. The van der Waals surface area contributed by atoms with E-state index < -0.39 is 5.97 Å². The van der Waals surface area contributed by atoms with E-state index in [1.165, 1.54) is 11.7 Å². The van der Waals surface area contributed by atoms with E-state index in [1.54, 1.807) is 24.3 Å². The number of carboxylic acid groups (broad SMARTS) is 1. The highest BCUT2D eigenvalue weighted by atomic mass is 16.4. The van der Waals surface area contributed by atoms with Crippen LogP contribution in [0.2, 0.25) is 0 Å². The minimum absolute atomic E-state index is 0.0113. The molecule has 0 unspecified atom stereocenters. The Morgan fingerprint density at radius 1 is 1.08 bits per heavy atom. The van der Waals surface area contributed by atoms with Crippen molar-refractivity contribution in [1.29, 1.82) is 0 Å². The summed E-state index contributed by atoms with van der Waals surface area (Å²) in [7, 11) is 0. The summed E-state index contributed by atoms with van der Waals surface area (Å²) in [5, 5.41) is 20.5. The maximum absolute atomic E-state index is 11.3. The highest BCUT2D eigenvalue weighted by molar-refractivity contribution is 5.94. The standard InChI is InChI=1S/C17H16N4O3/c1-11(22)12-2-5-14(6-3-12)21-19-15-7-4-13(10-16(15)20-21)18-9-8-17(23)24/h2-7,10,18H,8-9H2,1H3,(H,23,24). The number of carbonyl (C=O) groups is 2. The van der Waals surface area contributed by atoms with Gasteiger partial charge < -0.3 is 10.4 Å². The van der Waals surface area contributed by atoms with Crippen LogP contribution >= 0.6 is 0 Å². The van der Waals surface area contributed by atoms with Gasteiger partial charge in [-0.2, -0.15) is 4.80 Å². The lowest BCUT2D eigenvalue weighted by atomic mass is 10.1. The number of anilines is 1. The highest BCUT2D eigenvalue weighted by Gasteiger charge is 2.07. The van der Waals surface area contributed by atoms with Crippen molar-refractivity contribution in [2.24, 2.45) is 0 Å². The van der Waals surface area contributed by atoms with Crippen molar-refractivity contribution in [2.75, 3.05) is 11.9 Å². The van der Waals surface area contributed by atoms with Gasteiger partial charge in [0.25, 0.3) is 0 Å². The Morgan fingerprint density at radius 2 is 1.79 bits per heavy atom. The number of ketones is 1. The van der Waals surface area contributed by atoms with Crippen molar-refractivity contribution in [3.63, 3.8) is 0 Å². The van der Waals surface area contributed by atoms with Gasteiger partial charge in [0.2, 0.25) is 0 Å². The van der Waals surface area contributed by atoms with Crippen molar-refractivity contribution < 1.29 is 14.7 Å². The van der Waals surface area contributed by atoms with Gasteiger partial charge in [0.05, 0.1) is 12.1 Å². The molecule has 0 saturated heterocycles. The molecule has 0 fully saturated rings. The van der Waals surface area contributed by atoms with Gasteiger partial charge in [-0.1, -0.05) is 0 Å². The lowest BCUT2D eigenvalue weighted by Crippen LogP contribution is -2.07. The van der Waals surface area contributed by atoms with E-state index in [4.69, 9.17) is 5.11 Å². The number of rotatable bonds is 6. The summed E-state index contributed by atoms with van der Waals surface area (Å²) < 4.78 is 0. The zero-order chi connectivity index (χ0) is 17.1. The average Bonchev–Trinajstić information content (AvgIpc) is 2.98. The zero-order valence-corrected chi connectivity index (χ0v) is 13.1. The third-order valence-corrected chi connectivity index (χ3v) is 3.55. The summed E-state index contributed by atoms with van der Waals surface area (Å²) in [6.45, 7) is 1.87. The van der Waals surface area contributed by atoms with Crippen molar-refractivity contribution >= 4 is 28.5 Å². The van der Waals surface area contributed by atoms with Crippen LogP contribution in [-0.4, -0.2) is 38.4 Å². The molecule has 3 rings (SSSR count). The van der Waals surface area contributed by atoms with E-state index in [0.717, 1.165) is 16.9 Å². The Kier molecular flexibility index (Phi) is 4.24. The number of fused-ring (bicyclic) bond motifs is 1. The Balaban J connectivity index is 1.82. The second-order valence-electron chi connectivity index (χ2n) is 5.37. The molecule has 7 heteroatoms. The normalized spacial score (nSPS) is 10.7. The quantitative estimate of drug-likeness (QED) is 0.676. The van der Waals surface area contributed by atoms with Crippen LogP contribution in [0.4, 0.5) is 5.69 Å². The fourth-order valence-electron chi connectivity index (χ4n) is 2.28. The molecule has 0 radical (unpaired) electrons. The lowest BCUT2D eigenvalue weighted by molar-refractivity contribution is -0.136. The molecule has 0 aliphatic rings. The number of aromatic nitrogens is 3. The summed E-state index contributed by atoms with van der Waals surface area (Å²) >= 11 is 0. The van der Waals surface area contributed by atoms with E-state index in [9.17, 15) is 9.59 Å². The minimum atomic E-state index is -0.844. The molecule has 0 bridgehead atoms. The van der Waals surface area contributed by atoms with E-state index in [-0.39, 0.29) is 12.2 Å². The van der Waals surface area contributed by atoms with Gasteiger partial charge in [-0.3, -0.25) is 9.59 Å². The number of nitrogens with zero attached hydrogens (tertiary/aromatic N) is 3. The third-order valence-electron chi connectivity index (χ3n) is 3.55. The first-order valence-corrected chi connectivity index (χ1v) is 7.47. The van der Waals surface area contributed by atoms with E-state index in [1.807, 2.05) is 18.2 Å². The van der Waals surface area contributed by atoms with Crippen LogP contribution in [0.15, 0.2) is 42.5 Å². The monoisotopic (exact) mass is 324 g/mol. The van der Waals surface area contributed by atoms with Gasteiger partial charge in [0, 0.05) is 17.8 Å². The first kappa shape index (κ1) is 15.7. The fourth-order valence-corrected chi connectivity index (χ4v) is 2.28. The highest BCUT2D eigenvalue weighted by Crippen LogP contribution is 2.18. The molecule has 122 valence electrons. The Hall–Kier alpha value is -3.22. The van der Waals surface area contributed by atoms with Crippen molar-refractivity contribution in [3.8, 4) is 5.69 Å². The molecular weight excluding hydrogens is 308 g/mol. The van der Waals surface area contributed by atoms with Crippen LogP contribution in [0.25, 0.3) is 16.7 Å². The molecule has 1 heterocycles. The second-order valence-corrected chi connectivity index (χ2v) is 5.37. The van der Waals surface area contributed by atoms with Gasteiger partial charge in [-0.05, 0) is 49.4 Å². The number of carboxylic acids is 1. The molecule has 0 amide bonds. The molecule has 1 aromatic heterocycles. The average molecular weight is 324 g/mol. The molecule has 0 spiro atoms. The number of carbonyl (C=O) groups excluding carboxylic acids is 1. The molecular formula is C17H16N4O3. The van der Waals surface area contributed by atoms with Crippen LogP contribution in [0.5, 0.6) is 0 Å². The van der Waals surface area contributed by atoms with Crippen LogP contribution in [-0.2, 0) is 4.79 Å². The van der Waals surface area contributed by atoms with E-state index in [2.05, 4.69) is 15.5 Å². The number of Topliss-reactive ketones (excluding diaryl/α,β-unsaturated/α-hetero) is 1. The van der Waals surface area contributed by atoms with Gasteiger partial charge in [0.1, 0.15) is 11.0 Å². The smallest absolute Gasteiger partial charge is 0.305 e. The fraction of sp³-hybridized carbons (Fsp3) is 0.176. The van der Waals surface area contributed by atoms with Crippen LogP contribution in [0, 0.1) is 0 Å². The topological polar surface area (TPSA) is 97.1 Å². The molecule has 2 N–H and O–H groups in total. The lowest BCUT2D eigenvalue weighted by Gasteiger charge is -2.03. The molecule has 0 saturated carbocycles. The molecule has 7 nitrogen and oxygen atoms in total. The number of nitrogens with one attached hydrogen (secondary N) is 1. The molecule has 0 aliphatic carbocycles. The molecule has 0 atom stereocenters. The van der Waals surface area contributed by atoms with Crippen LogP contribution in [0.3, 0.4) is 0 Å². The zero-order valence-electron chi connectivity index (χ0n) is 13.1. The second kappa shape index (κ2) is 6.49. The van der Waals surface area contributed by atoms with Crippen molar-refractivity contribution in [2.45, 2.75) is 13.3 Å². The molecule has 24 heavy (non-hydrogen) atoms. The van der Waals surface area contributed by atoms with Gasteiger partial charge in [-0.25, -0.2) is 0 Å². The number of benzene rings is 2. The summed E-state index contributed by atoms with van der Waals surface area (Å²) in [4.78, 5) is 23.4. The van der Waals surface area contributed by atoms with E-state index in [0.29, 0.717) is 17.6 Å². The van der Waals surface area contributed by atoms with E-state index >= 15 is 0 Å². The van der Waals surface area contributed by atoms with Gasteiger partial charge in [0.15, 0.2) is 5.78 Å². The third kappa shape index (κ3) is 3.40. The Labute approximate surface area is 137 Å². The molecule has 2 aromatic carbocycles. The maximum atomic E-state index is 11.3. The SMILES string of the molecule is CC(=O)c1ccc(-n2nc3ccc(NCCC(=O)O)cc3n2)cc1. The Morgan fingerprint density at radius 3 is 2.46 bits per heavy atom. The minimum Gasteiger partial charge on any atom is -0.481 e. The largest absolute Gasteiger partial charge is 0.481 e. The summed E-state index contributed by atoms with van der Waals surface area (Å²) in [6, 6.07) is 12.6. The van der Waals surface area contributed by atoms with Gasteiger partial charge in [-0.15, -0.1) is 10.2 Å². The van der Waals surface area contributed by atoms with Gasteiger partial charge >= 0.3 is 5.97 Å². The number of aliphatic carboxylic acids is 1. The molecule has 3 aromatic rings. The predicted molar refractivity (Wildman–Crippen MR) is 89.6 cm³/mol. The number of hydrogen-bond donors (Lipinski definition) is 2. The summed E-state index contributed by atoms with van der Waals surface area (Å²) in [5.41, 5.74) is 3.63. The van der Waals surface area contributed by atoms with Crippen molar-refractivity contribution in [3.05, 3.63) is 48.0 Å². The predicted octanol–water partition coefficient (Wildman–Crippen LogP) is 2.51. The first-order valence-electron chi connectivity index (χ1n) is 7.47. The van der Waals surface area contributed by atoms with Crippen LogP contribution < -0.4 is 5.32 Å². The molecule has 0 aliphatic heterocycles. The Bertz CT molecular complexity index is 900. The van der Waals surface area contributed by atoms with Crippen molar-refractivity contribution in [1.82, 2.24) is 15.0 Å². The first-order chi connectivity index (χ1) is 11.5. The number of hydrogen-bond acceptors (Lipinski definition) is 5. The summed E-state index contributed by atoms with van der Waals surface area (Å²) in [5.74, 6) is -0.833. The van der Waals surface area contributed by atoms with Crippen LogP contribution in [0.1, 0.15) is 23.7 Å². The maximum Gasteiger partial charge on any atom is 0.305 e.